The summed E-state index contributed by atoms with van der Waals surface area (Å²) in [5.41, 5.74) is 5.52. The summed E-state index contributed by atoms with van der Waals surface area (Å²) in [5.74, 6) is 0.933. The van der Waals surface area contributed by atoms with Crippen LogP contribution in [0.5, 0.6) is 0 Å². The average molecular weight is 289 g/mol. The molecule has 0 spiro atoms. The molecule has 0 aliphatic carbocycles. The van der Waals surface area contributed by atoms with Gasteiger partial charge < -0.3 is 10.7 Å². The van der Waals surface area contributed by atoms with Gasteiger partial charge in [-0.15, -0.1) is 11.3 Å². The Hall–Kier alpha value is -0.790. The Balaban J connectivity index is 2.56. The van der Waals surface area contributed by atoms with E-state index in [1.165, 1.54) is 0 Å². The number of nitrogen functional groups attached to an aromatic ring is 1. The Morgan fingerprint density at radius 2 is 2.21 bits per heavy atom. The fourth-order valence-corrected chi connectivity index (χ4v) is 2.48. The standard InChI is InChI=1S/C7H5BrN4S2/c8-4-2-1-3(14-4)5-10-6(9)12-7(13)11-5/h1-2H,(H3,9,10,11,12,13). The van der Waals surface area contributed by atoms with Crippen molar-refractivity contribution in [3.8, 4) is 10.7 Å². The molecule has 72 valence electrons. The molecule has 0 bridgehead atoms. The molecule has 7 heteroatoms. The highest BCUT2D eigenvalue weighted by atomic mass is 79.9. The van der Waals surface area contributed by atoms with Gasteiger partial charge in [-0.25, -0.2) is 0 Å². The third kappa shape index (κ3) is 1.99. The van der Waals surface area contributed by atoms with Gasteiger partial charge in [0.25, 0.3) is 0 Å². The van der Waals surface area contributed by atoms with Crippen LogP contribution in [-0.4, -0.2) is 15.0 Å². The van der Waals surface area contributed by atoms with Gasteiger partial charge in [0.1, 0.15) is 0 Å². The first-order chi connectivity index (χ1) is 6.65. The predicted octanol–water partition coefficient (Wildman–Crippen LogP) is 2.61. The molecule has 0 aliphatic heterocycles. The number of halogens is 1. The Kier molecular flexibility index (Phi) is 2.62. The third-order valence-corrected chi connectivity index (χ3v) is 3.29. The molecule has 2 aromatic heterocycles. The van der Waals surface area contributed by atoms with Gasteiger partial charge in [0.15, 0.2) is 5.82 Å². The number of nitrogens with one attached hydrogen (secondary N) is 1. The van der Waals surface area contributed by atoms with Crippen molar-refractivity contribution in [2.75, 3.05) is 5.73 Å². The van der Waals surface area contributed by atoms with E-state index in [1.807, 2.05) is 12.1 Å². The Labute approximate surface area is 97.4 Å². The van der Waals surface area contributed by atoms with E-state index in [-0.39, 0.29) is 10.7 Å². The number of nitrogens with two attached hydrogens (primary N) is 1. The fourth-order valence-electron chi connectivity index (χ4n) is 0.959. The minimum absolute atomic E-state index is 0.251. The van der Waals surface area contributed by atoms with Crippen LogP contribution in [0, 0.1) is 4.77 Å². The van der Waals surface area contributed by atoms with Crippen LogP contribution in [0.25, 0.3) is 10.7 Å². The summed E-state index contributed by atoms with van der Waals surface area (Å²) in [7, 11) is 0. The van der Waals surface area contributed by atoms with Crippen LogP contribution in [-0.2, 0) is 0 Å². The van der Waals surface area contributed by atoms with Crippen LogP contribution in [0.2, 0.25) is 0 Å². The van der Waals surface area contributed by atoms with Gasteiger partial charge >= 0.3 is 0 Å². The third-order valence-electron chi connectivity index (χ3n) is 1.48. The first kappa shape index (κ1) is 9.75. The highest BCUT2D eigenvalue weighted by Crippen LogP contribution is 2.28. The number of hydrogen-bond acceptors (Lipinski definition) is 5. The number of nitrogens with zero attached hydrogens (tertiary/aromatic N) is 2. The average Bonchev–Trinajstić information content (AvgIpc) is 2.50. The molecule has 0 aliphatic rings. The molecular weight excluding hydrogens is 284 g/mol. The van der Waals surface area contributed by atoms with E-state index < -0.39 is 0 Å². The Morgan fingerprint density at radius 3 is 2.79 bits per heavy atom. The van der Waals surface area contributed by atoms with Crippen molar-refractivity contribution in [3.05, 3.63) is 20.7 Å². The minimum atomic E-state index is 0.251. The van der Waals surface area contributed by atoms with Crippen LogP contribution in [0.15, 0.2) is 15.9 Å². The van der Waals surface area contributed by atoms with E-state index in [9.17, 15) is 0 Å². The van der Waals surface area contributed by atoms with E-state index in [4.69, 9.17) is 18.0 Å². The largest absolute Gasteiger partial charge is 0.369 e. The van der Waals surface area contributed by atoms with Gasteiger partial charge in [0, 0.05) is 0 Å². The molecule has 0 aromatic carbocycles. The lowest BCUT2D eigenvalue weighted by molar-refractivity contribution is 1.05. The fraction of sp³-hybridized carbons (Fsp3) is 0. The number of aromatic amines is 1. The number of hydrogen-bond donors (Lipinski definition) is 2. The molecule has 0 radical (unpaired) electrons. The van der Waals surface area contributed by atoms with Gasteiger partial charge in [-0.2, -0.15) is 9.97 Å². The smallest absolute Gasteiger partial charge is 0.224 e. The number of H-pyrrole nitrogens is 1. The molecule has 2 rings (SSSR count). The molecular formula is C7H5BrN4S2. The molecule has 2 aromatic rings. The van der Waals surface area contributed by atoms with Crippen LogP contribution in [0.3, 0.4) is 0 Å². The maximum atomic E-state index is 5.52. The molecule has 0 amide bonds. The number of aromatic nitrogens is 3. The van der Waals surface area contributed by atoms with Crippen molar-refractivity contribution < 1.29 is 0 Å². The molecule has 2 heterocycles. The zero-order valence-corrected chi connectivity index (χ0v) is 10.0. The molecule has 4 nitrogen and oxygen atoms in total. The number of anilines is 1. The summed E-state index contributed by atoms with van der Waals surface area (Å²) in [6, 6.07) is 3.87. The summed E-state index contributed by atoms with van der Waals surface area (Å²) >= 11 is 9.79. The van der Waals surface area contributed by atoms with Gasteiger partial charge in [-0.1, -0.05) is 0 Å². The van der Waals surface area contributed by atoms with E-state index >= 15 is 0 Å². The minimum Gasteiger partial charge on any atom is -0.369 e. The molecule has 0 fully saturated rings. The van der Waals surface area contributed by atoms with Crippen molar-refractivity contribution in [2.24, 2.45) is 0 Å². The second-order valence-electron chi connectivity index (χ2n) is 2.47. The van der Waals surface area contributed by atoms with E-state index in [0.29, 0.717) is 5.82 Å². The van der Waals surface area contributed by atoms with Gasteiger partial charge in [0.2, 0.25) is 10.7 Å². The summed E-state index contributed by atoms with van der Waals surface area (Å²) in [5, 5.41) is 0. The lowest BCUT2D eigenvalue weighted by atomic mass is 10.4. The first-order valence-corrected chi connectivity index (χ1v) is 5.66. The van der Waals surface area contributed by atoms with E-state index in [1.54, 1.807) is 11.3 Å². The molecule has 0 saturated carbocycles. The molecule has 3 N–H and O–H groups in total. The molecule has 0 atom stereocenters. The van der Waals surface area contributed by atoms with Gasteiger partial charge in [-0.3, -0.25) is 0 Å². The van der Waals surface area contributed by atoms with Crippen LogP contribution in [0.4, 0.5) is 5.95 Å². The lowest BCUT2D eigenvalue weighted by Gasteiger charge is -1.97. The van der Waals surface area contributed by atoms with Crippen LogP contribution >= 0.6 is 39.5 Å². The maximum absolute atomic E-state index is 5.52. The summed E-state index contributed by atoms with van der Waals surface area (Å²) in [6.45, 7) is 0. The second-order valence-corrected chi connectivity index (χ2v) is 5.30. The highest BCUT2D eigenvalue weighted by molar-refractivity contribution is 9.11. The lowest BCUT2D eigenvalue weighted by Crippen LogP contribution is -1.98. The Bertz CT molecular complexity index is 518. The molecule has 14 heavy (non-hydrogen) atoms. The Morgan fingerprint density at radius 1 is 1.43 bits per heavy atom. The monoisotopic (exact) mass is 288 g/mol. The second kappa shape index (κ2) is 3.76. The molecule has 0 unspecified atom stereocenters. The number of thiophene rings is 1. The van der Waals surface area contributed by atoms with Crippen molar-refractivity contribution >= 4 is 45.4 Å². The summed E-state index contributed by atoms with van der Waals surface area (Å²) in [4.78, 5) is 11.7. The topological polar surface area (TPSA) is 67.6 Å². The van der Waals surface area contributed by atoms with E-state index in [0.717, 1.165) is 8.66 Å². The SMILES string of the molecule is Nc1nc(=S)nc(-c2ccc(Br)s2)[nH]1. The van der Waals surface area contributed by atoms with Crippen LogP contribution in [0.1, 0.15) is 0 Å². The first-order valence-electron chi connectivity index (χ1n) is 3.65. The highest BCUT2D eigenvalue weighted by Gasteiger charge is 2.04. The number of rotatable bonds is 1. The zero-order chi connectivity index (χ0) is 10.1. The quantitative estimate of drug-likeness (QED) is 0.792. The summed E-state index contributed by atoms with van der Waals surface area (Å²) < 4.78 is 1.28. The predicted molar refractivity (Wildman–Crippen MR) is 62.6 cm³/mol. The van der Waals surface area contributed by atoms with Crippen molar-refractivity contribution in [2.45, 2.75) is 0 Å². The zero-order valence-electron chi connectivity index (χ0n) is 6.82. The van der Waals surface area contributed by atoms with Crippen molar-refractivity contribution in [3.63, 3.8) is 0 Å². The van der Waals surface area contributed by atoms with E-state index in [2.05, 4.69) is 30.9 Å². The molecule has 0 saturated heterocycles. The summed E-state index contributed by atoms with van der Waals surface area (Å²) in [6.07, 6.45) is 0. The van der Waals surface area contributed by atoms with Gasteiger partial charge in [-0.05, 0) is 40.3 Å². The van der Waals surface area contributed by atoms with Crippen LogP contribution < -0.4 is 5.73 Å². The van der Waals surface area contributed by atoms with Crippen molar-refractivity contribution in [1.82, 2.24) is 15.0 Å². The normalized spacial score (nSPS) is 10.4. The van der Waals surface area contributed by atoms with Crippen molar-refractivity contribution in [1.29, 1.82) is 0 Å². The maximum Gasteiger partial charge on any atom is 0.224 e. The van der Waals surface area contributed by atoms with Gasteiger partial charge in [0.05, 0.1) is 8.66 Å².